The summed E-state index contributed by atoms with van der Waals surface area (Å²) >= 11 is 6.03. The molecule has 2 aromatic carbocycles. The van der Waals surface area contributed by atoms with Crippen LogP contribution in [0.15, 0.2) is 65.5 Å². The number of anilines is 1. The first-order valence-electron chi connectivity index (χ1n) is 10.2. The first kappa shape index (κ1) is 21.7. The number of aliphatic imine (C=N–C) groups is 1. The van der Waals surface area contributed by atoms with E-state index in [1.165, 1.54) is 0 Å². The van der Waals surface area contributed by atoms with Gasteiger partial charge in [-0.3, -0.25) is 9.69 Å². The van der Waals surface area contributed by atoms with Crippen LogP contribution < -0.4 is 10.2 Å². The highest BCUT2D eigenvalue weighted by Gasteiger charge is 2.31. The molecule has 2 aromatic rings. The van der Waals surface area contributed by atoms with Crippen molar-refractivity contribution in [3.05, 3.63) is 76.6 Å². The van der Waals surface area contributed by atoms with Crippen LogP contribution in [0.1, 0.15) is 11.1 Å². The molecule has 0 bridgehead atoms. The summed E-state index contributed by atoms with van der Waals surface area (Å²) < 4.78 is 5.58. The van der Waals surface area contributed by atoms with Crippen LogP contribution >= 0.6 is 11.6 Å². The van der Waals surface area contributed by atoms with Crippen molar-refractivity contribution in [1.29, 1.82) is 0 Å². The van der Waals surface area contributed by atoms with Crippen LogP contribution in [0, 0.1) is 0 Å². The van der Waals surface area contributed by atoms with Gasteiger partial charge in [-0.2, -0.15) is 0 Å². The zero-order valence-electron chi connectivity index (χ0n) is 17.9. The van der Waals surface area contributed by atoms with Gasteiger partial charge in [0.05, 0.1) is 6.20 Å². The lowest BCUT2D eigenvalue weighted by molar-refractivity contribution is -0.119. The SMILES string of the molecule is CN(C)c1ccc(CNC(=O)C2=CN3CCN(Cc4cccc(Cl)c4)C(=O)N=C3O2)cc1. The molecule has 0 atom stereocenters. The number of ether oxygens (including phenoxy) is 1. The summed E-state index contributed by atoms with van der Waals surface area (Å²) in [6.45, 7) is 1.67. The van der Waals surface area contributed by atoms with Crippen LogP contribution in [0.25, 0.3) is 0 Å². The second-order valence-corrected chi connectivity index (χ2v) is 8.20. The van der Waals surface area contributed by atoms with E-state index >= 15 is 0 Å². The van der Waals surface area contributed by atoms with E-state index in [1.807, 2.05) is 61.5 Å². The predicted molar refractivity (Wildman–Crippen MR) is 123 cm³/mol. The third kappa shape index (κ3) is 5.03. The van der Waals surface area contributed by atoms with Gasteiger partial charge in [0.1, 0.15) is 0 Å². The lowest BCUT2D eigenvalue weighted by atomic mass is 10.2. The lowest BCUT2D eigenvalue weighted by Gasteiger charge is -2.19. The summed E-state index contributed by atoms with van der Waals surface area (Å²) in [6.07, 6.45) is 1.58. The largest absolute Gasteiger partial charge is 0.418 e. The Hall–Kier alpha value is -3.52. The normalized spacial score (nSPS) is 15.4. The Balaban J connectivity index is 1.34. The van der Waals surface area contributed by atoms with E-state index < -0.39 is 6.03 Å². The van der Waals surface area contributed by atoms with Crippen LogP contribution in [-0.2, 0) is 22.6 Å². The maximum absolute atomic E-state index is 12.6. The number of benzene rings is 2. The number of fused-ring (bicyclic) bond motifs is 1. The van der Waals surface area contributed by atoms with Crippen molar-refractivity contribution < 1.29 is 14.3 Å². The van der Waals surface area contributed by atoms with Gasteiger partial charge in [0.25, 0.3) is 5.91 Å². The number of amides is 3. The fraction of sp³-hybridized carbons (Fsp3) is 0.261. The maximum Gasteiger partial charge on any atom is 0.348 e. The molecule has 2 aliphatic rings. The molecule has 166 valence electrons. The topological polar surface area (TPSA) is 77.5 Å². The third-order valence-electron chi connectivity index (χ3n) is 5.18. The van der Waals surface area contributed by atoms with E-state index in [-0.39, 0.29) is 17.7 Å². The van der Waals surface area contributed by atoms with Crippen molar-refractivity contribution in [2.45, 2.75) is 13.1 Å². The average Bonchev–Trinajstić information content (AvgIpc) is 3.11. The van der Waals surface area contributed by atoms with Gasteiger partial charge in [-0.15, -0.1) is 4.99 Å². The van der Waals surface area contributed by atoms with E-state index in [9.17, 15) is 9.59 Å². The van der Waals surface area contributed by atoms with Gasteiger partial charge in [-0.1, -0.05) is 35.9 Å². The highest BCUT2D eigenvalue weighted by Crippen LogP contribution is 2.20. The number of nitrogens with zero attached hydrogens (tertiary/aromatic N) is 4. The van der Waals surface area contributed by atoms with Gasteiger partial charge < -0.3 is 19.9 Å². The molecule has 0 spiro atoms. The Labute approximate surface area is 191 Å². The molecule has 0 saturated carbocycles. The average molecular weight is 454 g/mol. The van der Waals surface area contributed by atoms with Crippen LogP contribution in [0.2, 0.25) is 5.02 Å². The molecule has 0 aliphatic carbocycles. The fourth-order valence-electron chi connectivity index (χ4n) is 3.39. The quantitative estimate of drug-likeness (QED) is 0.726. The minimum atomic E-state index is -0.418. The molecule has 0 saturated heterocycles. The summed E-state index contributed by atoms with van der Waals surface area (Å²) in [4.78, 5) is 34.5. The van der Waals surface area contributed by atoms with Crippen molar-refractivity contribution in [3.8, 4) is 0 Å². The Bertz CT molecular complexity index is 1080. The number of carbonyl (C=O) groups excluding carboxylic acids is 2. The monoisotopic (exact) mass is 453 g/mol. The number of hydrogen-bond donors (Lipinski definition) is 1. The van der Waals surface area contributed by atoms with Crippen molar-refractivity contribution in [1.82, 2.24) is 15.1 Å². The molecule has 8 nitrogen and oxygen atoms in total. The zero-order chi connectivity index (χ0) is 22.7. The molecule has 9 heteroatoms. The number of carbonyl (C=O) groups is 2. The second kappa shape index (κ2) is 9.32. The third-order valence-corrected chi connectivity index (χ3v) is 5.42. The summed E-state index contributed by atoms with van der Waals surface area (Å²) in [6, 6.07) is 15.0. The standard InChI is InChI=1S/C23H24ClN5O3/c1-27(2)19-8-6-16(7-9-19)13-25-21(30)20-15-29-11-10-28(22(31)26-23(29)32-20)14-17-4-3-5-18(24)12-17/h3-9,12,15H,10-11,13-14H2,1-2H3,(H,25,30). The van der Waals surface area contributed by atoms with Crippen molar-refractivity contribution in [3.63, 3.8) is 0 Å². The molecule has 3 amide bonds. The molecule has 0 fully saturated rings. The van der Waals surface area contributed by atoms with E-state index in [0.717, 1.165) is 16.8 Å². The summed E-state index contributed by atoms with van der Waals surface area (Å²) in [5.74, 6) is -0.245. The van der Waals surface area contributed by atoms with Crippen molar-refractivity contribution >= 4 is 35.2 Å². The van der Waals surface area contributed by atoms with E-state index in [2.05, 4.69) is 10.3 Å². The van der Waals surface area contributed by atoms with Gasteiger partial charge in [-0.25, -0.2) is 4.79 Å². The minimum absolute atomic E-state index is 0.115. The van der Waals surface area contributed by atoms with Crippen LogP contribution in [-0.4, -0.2) is 54.9 Å². The first-order chi connectivity index (χ1) is 15.4. The van der Waals surface area contributed by atoms with Gasteiger partial charge in [0, 0.05) is 51.0 Å². The number of amidine groups is 1. The molecule has 0 unspecified atom stereocenters. The number of nitrogens with one attached hydrogen (secondary N) is 1. The molecular formula is C23H24ClN5O3. The molecule has 32 heavy (non-hydrogen) atoms. The maximum atomic E-state index is 12.6. The van der Waals surface area contributed by atoms with E-state index in [1.54, 1.807) is 22.1 Å². The summed E-state index contributed by atoms with van der Waals surface area (Å²) in [5.41, 5.74) is 2.98. The molecular weight excluding hydrogens is 430 g/mol. The Morgan fingerprint density at radius 2 is 1.94 bits per heavy atom. The van der Waals surface area contributed by atoms with Crippen molar-refractivity contribution in [2.75, 3.05) is 32.1 Å². The minimum Gasteiger partial charge on any atom is -0.418 e. The summed E-state index contributed by atoms with van der Waals surface area (Å²) in [5, 5.41) is 3.46. The lowest BCUT2D eigenvalue weighted by Crippen LogP contribution is -2.31. The van der Waals surface area contributed by atoms with E-state index in [0.29, 0.717) is 31.2 Å². The highest BCUT2D eigenvalue weighted by atomic mass is 35.5. The molecule has 1 N–H and O–H groups in total. The highest BCUT2D eigenvalue weighted by molar-refractivity contribution is 6.30. The molecule has 4 rings (SSSR count). The number of rotatable bonds is 6. The van der Waals surface area contributed by atoms with Crippen LogP contribution in [0.5, 0.6) is 0 Å². The Kier molecular flexibility index (Phi) is 6.32. The first-order valence-corrected chi connectivity index (χ1v) is 10.6. The molecule has 0 radical (unpaired) electrons. The fourth-order valence-corrected chi connectivity index (χ4v) is 3.61. The van der Waals surface area contributed by atoms with Crippen molar-refractivity contribution in [2.24, 2.45) is 4.99 Å². The molecule has 2 aliphatic heterocycles. The smallest absolute Gasteiger partial charge is 0.348 e. The summed E-state index contributed by atoms with van der Waals surface area (Å²) in [7, 11) is 3.95. The zero-order valence-corrected chi connectivity index (χ0v) is 18.7. The molecule has 0 aromatic heterocycles. The Morgan fingerprint density at radius 1 is 1.16 bits per heavy atom. The Morgan fingerprint density at radius 3 is 2.66 bits per heavy atom. The van der Waals surface area contributed by atoms with Gasteiger partial charge in [-0.05, 0) is 35.4 Å². The number of urea groups is 1. The number of halogens is 1. The van der Waals surface area contributed by atoms with Gasteiger partial charge in [0.15, 0.2) is 0 Å². The van der Waals surface area contributed by atoms with Crippen LogP contribution in [0.3, 0.4) is 0 Å². The van der Waals surface area contributed by atoms with Gasteiger partial charge in [0.2, 0.25) is 5.76 Å². The molecule has 2 heterocycles. The van der Waals surface area contributed by atoms with Gasteiger partial charge >= 0.3 is 12.1 Å². The van der Waals surface area contributed by atoms with E-state index in [4.69, 9.17) is 16.3 Å². The van der Waals surface area contributed by atoms with Crippen LogP contribution in [0.4, 0.5) is 10.5 Å². The predicted octanol–water partition coefficient (Wildman–Crippen LogP) is 3.19. The number of hydrogen-bond acceptors (Lipinski definition) is 5. The second-order valence-electron chi connectivity index (χ2n) is 7.76.